The number of thiophene rings is 1. The van der Waals surface area contributed by atoms with Gasteiger partial charge in [0.05, 0.1) is 11.7 Å². The summed E-state index contributed by atoms with van der Waals surface area (Å²) in [5, 5.41) is 5.70. The van der Waals surface area contributed by atoms with Crippen LogP contribution in [0.1, 0.15) is 30.0 Å². The van der Waals surface area contributed by atoms with Gasteiger partial charge in [0.2, 0.25) is 5.95 Å². The molecule has 0 aliphatic rings. The van der Waals surface area contributed by atoms with Crippen LogP contribution in [0.4, 0.5) is 5.95 Å². The normalized spacial score (nSPS) is 12.3. The molecule has 0 bridgehead atoms. The fraction of sp³-hybridized carbons (Fsp3) is 0.235. The minimum Gasteiger partial charge on any atom is -0.348 e. The van der Waals surface area contributed by atoms with E-state index in [1.54, 1.807) is 11.3 Å². The van der Waals surface area contributed by atoms with E-state index in [0.29, 0.717) is 6.04 Å². The molecular weight excluding hydrogens is 278 g/mol. The highest BCUT2D eigenvalue weighted by molar-refractivity contribution is 7.10. The van der Waals surface area contributed by atoms with Crippen molar-refractivity contribution in [1.29, 1.82) is 0 Å². The van der Waals surface area contributed by atoms with Crippen LogP contribution in [-0.2, 0) is 0 Å². The van der Waals surface area contributed by atoms with Gasteiger partial charge in [-0.05, 0) is 36.9 Å². The number of aryl methyl sites for hydroxylation is 1. The van der Waals surface area contributed by atoms with Crippen LogP contribution in [0.3, 0.4) is 0 Å². The third-order valence-corrected chi connectivity index (χ3v) is 4.44. The Balaban J connectivity index is 1.92. The average molecular weight is 297 g/mol. The highest BCUT2D eigenvalue weighted by atomic mass is 32.1. The first-order valence-electron chi connectivity index (χ1n) is 7.19. The molecule has 2 heterocycles. The van der Waals surface area contributed by atoms with E-state index in [1.165, 1.54) is 4.88 Å². The van der Waals surface area contributed by atoms with Crippen molar-refractivity contribution in [3.05, 3.63) is 64.6 Å². The Morgan fingerprint density at radius 3 is 2.67 bits per heavy atom. The lowest BCUT2D eigenvalue weighted by Crippen LogP contribution is -2.12. The van der Waals surface area contributed by atoms with E-state index < -0.39 is 0 Å². The molecule has 108 valence electrons. The van der Waals surface area contributed by atoms with Crippen LogP contribution < -0.4 is 5.32 Å². The maximum absolute atomic E-state index is 4.64. The van der Waals surface area contributed by atoms with Gasteiger partial charge >= 0.3 is 0 Å². The lowest BCUT2D eigenvalue weighted by Gasteiger charge is -2.17. The maximum atomic E-state index is 4.64. The number of anilines is 1. The van der Waals surface area contributed by atoms with Gasteiger partial charge in [-0.1, -0.05) is 31.2 Å². The molecule has 0 fully saturated rings. The molecule has 4 heteroatoms. The van der Waals surface area contributed by atoms with Crippen molar-refractivity contribution < 1.29 is 0 Å². The number of para-hydroxylation sites is 1. The Bertz CT molecular complexity index is 686. The lowest BCUT2D eigenvalue weighted by atomic mass is 10.2. The molecule has 0 aliphatic carbocycles. The number of hydrogen-bond donors (Lipinski definition) is 1. The van der Waals surface area contributed by atoms with E-state index in [4.69, 9.17) is 0 Å². The quantitative estimate of drug-likeness (QED) is 0.732. The van der Waals surface area contributed by atoms with Gasteiger partial charge in [-0.25, -0.2) is 4.98 Å². The van der Waals surface area contributed by atoms with Crippen molar-refractivity contribution >= 4 is 17.3 Å². The van der Waals surface area contributed by atoms with Gasteiger partial charge in [-0.3, -0.25) is 4.57 Å². The lowest BCUT2D eigenvalue weighted by molar-refractivity contribution is 0.748. The maximum Gasteiger partial charge on any atom is 0.208 e. The molecule has 0 radical (unpaired) electrons. The molecule has 1 atom stereocenters. The fourth-order valence-corrected chi connectivity index (χ4v) is 3.27. The van der Waals surface area contributed by atoms with Crippen molar-refractivity contribution in [2.45, 2.75) is 26.3 Å². The second-order valence-electron chi connectivity index (χ2n) is 5.03. The number of benzene rings is 1. The summed E-state index contributed by atoms with van der Waals surface area (Å²) in [6, 6.07) is 14.9. The van der Waals surface area contributed by atoms with Gasteiger partial charge in [-0.15, -0.1) is 11.3 Å². The van der Waals surface area contributed by atoms with E-state index in [2.05, 4.69) is 57.6 Å². The number of aromatic nitrogens is 2. The average Bonchev–Trinajstić information content (AvgIpc) is 3.15. The molecule has 0 saturated heterocycles. The third kappa shape index (κ3) is 3.00. The molecule has 0 amide bonds. The van der Waals surface area contributed by atoms with Gasteiger partial charge < -0.3 is 5.32 Å². The summed E-state index contributed by atoms with van der Waals surface area (Å²) in [5.74, 6) is 0.902. The van der Waals surface area contributed by atoms with Crippen molar-refractivity contribution in [2.24, 2.45) is 0 Å². The number of hydrogen-bond acceptors (Lipinski definition) is 3. The Hall–Kier alpha value is -2.07. The minimum atomic E-state index is 0.300. The zero-order valence-electron chi connectivity index (χ0n) is 12.3. The second-order valence-corrected chi connectivity index (χ2v) is 6.01. The van der Waals surface area contributed by atoms with E-state index in [-0.39, 0.29) is 0 Å². The Kier molecular flexibility index (Phi) is 4.06. The highest BCUT2D eigenvalue weighted by Gasteiger charge is 2.14. The van der Waals surface area contributed by atoms with Crippen LogP contribution in [-0.4, -0.2) is 9.55 Å². The Morgan fingerprint density at radius 2 is 2.00 bits per heavy atom. The summed E-state index contributed by atoms with van der Waals surface area (Å²) in [6.07, 6.45) is 3.10. The molecular formula is C17H19N3S. The van der Waals surface area contributed by atoms with Crippen LogP contribution in [0.2, 0.25) is 0 Å². The molecule has 1 unspecified atom stereocenters. The number of imidazole rings is 1. The summed E-state index contributed by atoms with van der Waals surface area (Å²) in [4.78, 5) is 5.99. The molecule has 0 aliphatic heterocycles. The van der Waals surface area contributed by atoms with Crippen LogP contribution in [0.5, 0.6) is 0 Å². The molecule has 1 aromatic carbocycles. The van der Waals surface area contributed by atoms with Crippen molar-refractivity contribution in [3.63, 3.8) is 0 Å². The van der Waals surface area contributed by atoms with Crippen LogP contribution in [0.15, 0.2) is 54.0 Å². The van der Waals surface area contributed by atoms with E-state index in [0.717, 1.165) is 23.8 Å². The van der Waals surface area contributed by atoms with Crippen molar-refractivity contribution in [2.75, 3.05) is 5.32 Å². The molecule has 3 aromatic rings. The third-order valence-electron chi connectivity index (χ3n) is 3.46. The number of rotatable bonds is 5. The van der Waals surface area contributed by atoms with Crippen LogP contribution >= 0.6 is 11.3 Å². The first-order valence-corrected chi connectivity index (χ1v) is 8.07. The summed E-state index contributed by atoms with van der Waals surface area (Å²) < 4.78 is 2.12. The second kappa shape index (κ2) is 6.14. The number of nitrogens with one attached hydrogen (secondary N) is 1. The standard InChI is InChI=1S/C17H19N3S/c1-3-15(16-10-7-11-21-16)19-17-18-13(2)12-20(17)14-8-5-4-6-9-14/h4-12,15H,3H2,1-2H3,(H,18,19). The van der Waals surface area contributed by atoms with E-state index in [9.17, 15) is 0 Å². The Morgan fingerprint density at radius 1 is 1.19 bits per heavy atom. The topological polar surface area (TPSA) is 29.9 Å². The van der Waals surface area contributed by atoms with Crippen molar-refractivity contribution in [3.8, 4) is 5.69 Å². The molecule has 0 spiro atoms. The highest BCUT2D eigenvalue weighted by Crippen LogP contribution is 2.27. The minimum absolute atomic E-state index is 0.300. The van der Waals surface area contributed by atoms with Gasteiger partial charge in [0.15, 0.2) is 0 Å². The van der Waals surface area contributed by atoms with Crippen LogP contribution in [0, 0.1) is 6.92 Å². The predicted molar refractivity (Wildman–Crippen MR) is 89.3 cm³/mol. The molecule has 0 saturated carbocycles. The summed E-state index contributed by atoms with van der Waals surface area (Å²) in [7, 11) is 0. The van der Waals surface area contributed by atoms with Gasteiger partial charge in [-0.2, -0.15) is 0 Å². The molecule has 2 aromatic heterocycles. The summed E-state index contributed by atoms with van der Waals surface area (Å²) in [6.45, 7) is 4.22. The largest absolute Gasteiger partial charge is 0.348 e. The number of nitrogens with zero attached hydrogens (tertiary/aromatic N) is 2. The van der Waals surface area contributed by atoms with Gasteiger partial charge in [0.25, 0.3) is 0 Å². The van der Waals surface area contributed by atoms with Crippen LogP contribution in [0.25, 0.3) is 5.69 Å². The van der Waals surface area contributed by atoms with Crippen molar-refractivity contribution in [1.82, 2.24) is 9.55 Å². The van der Waals surface area contributed by atoms with E-state index in [1.807, 2.05) is 25.1 Å². The Labute approximate surface area is 129 Å². The monoisotopic (exact) mass is 297 g/mol. The zero-order valence-corrected chi connectivity index (χ0v) is 13.1. The first-order chi connectivity index (χ1) is 10.3. The zero-order chi connectivity index (χ0) is 14.7. The molecule has 3 rings (SSSR count). The molecule has 1 N–H and O–H groups in total. The first kappa shape index (κ1) is 13.9. The fourth-order valence-electron chi connectivity index (χ4n) is 2.40. The molecule has 21 heavy (non-hydrogen) atoms. The SMILES string of the molecule is CCC(Nc1nc(C)cn1-c1ccccc1)c1cccs1. The van der Waals surface area contributed by atoms with E-state index >= 15 is 0 Å². The van der Waals surface area contributed by atoms with Gasteiger partial charge in [0, 0.05) is 16.8 Å². The summed E-state index contributed by atoms with van der Waals surface area (Å²) in [5.41, 5.74) is 2.14. The molecule has 3 nitrogen and oxygen atoms in total. The van der Waals surface area contributed by atoms with Gasteiger partial charge in [0.1, 0.15) is 0 Å². The predicted octanol–water partition coefficient (Wildman–Crippen LogP) is 4.81. The smallest absolute Gasteiger partial charge is 0.208 e. The summed E-state index contributed by atoms with van der Waals surface area (Å²) >= 11 is 1.78.